The van der Waals surface area contributed by atoms with Gasteiger partial charge in [0.1, 0.15) is 0 Å². The van der Waals surface area contributed by atoms with Crippen LogP contribution in [0.3, 0.4) is 0 Å². The van der Waals surface area contributed by atoms with Gasteiger partial charge in [-0.3, -0.25) is 0 Å². The summed E-state index contributed by atoms with van der Waals surface area (Å²) in [6, 6.07) is 50.0. The van der Waals surface area contributed by atoms with Gasteiger partial charge in [-0.2, -0.15) is 0 Å². The van der Waals surface area contributed by atoms with Crippen molar-refractivity contribution in [3.05, 3.63) is 157 Å². The number of nitrogens with two attached hydrogens (primary N) is 1. The molecule has 202 valence electrons. The van der Waals surface area contributed by atoms with Crippen LogP contribution in [0.25, 0.3) is 48.5 Å². The van der Waals surface area contributed by atoms with Crippen molar-refractivity contribution in [2.45, 2.75) is 6.92 Å². The third-order valence-electron chi connectivity index (χ3n) is 7.84. The smallest absolute Gasteiger partial charge is 0.0476 e. The number of nitrogens with zero attached hydrogens (tertiary/aromatic N) is 1. The molecular weight excluding hydrogens is 529 g/mol. The molecule has 0 aliphatic rings. The molecule has 1 aromatic heterocycles. The summed E-state index contributed by atoms with van der Waals surface area (Å²) in [6.07, 6.45) is 3.66. The fourth-order valence-electron chi connectivity index (χ4n) is 5.77. The van der Waals surface area contributed by atoms with Gasteiger partial charge >= 0.3 is 0 Å². The Balaban J connectivity index is 1.39. The molecule has 0 fully saturated rings. The van der Waals surface area contributed by atoms with Gasteiger partial charge < -0.3 is 10.6 Å². The number of fused-ring (bicyclic) bond motifs is 3. The summed E-state index contributed by atoms with van der Waals surface area (Å²) in [7, 11) is 0. The first-order valence-electron chi connectivity index (χ1n) is 14.1. The molecule has 0 saturated carbocycles. The van der Waals surface area contributed by atoms with Gasteiger partial charge in [0, 0.05) is 37.2 Å². The quantitative estimate of drug-likeness (QED) is 0.220. The zero-order valence-corrected chi connectivity index (χ0v) is 24.2. The Bertz CT molecular complexity index is 2040. The molecule has 0 aliphatic carbocycles. The largest absolute Gasteiger partial charge is 0.405 e. The van der Waals surface area contributed by atoms with E-state index in [9.17, 15) is 0 Å². The van der Waals surface area contributed by atoms with E-state index >= 15 is 0 Å². The second-order valence-electron chi connectivity index (χ2n) is 10.5. The van der Waals surface area contributed by atoms with Gasteiger partial charge in [-0.05, 0) is 95.0 Å². The molecule has 0 amide bonds. The van der Waals surface area contributed by atoms with Crippen molar-refractivity contribution in [3.63, 3.8) is 0 Å². The van der Waals surface area contributed by atoms with Crippen LogP contribution in [0.1, 0.15) is 11.1 Å². The topological polar surface area (TPSA) is 29.3 Å². The maximum Gasteiger partial charge on any atom is 0.0476 e. The number of hydrogen-bond donors (Lipinski definition) is 1. The summed E-state index contributed by atoms with van der Waals surface area (Å²) in [5.74, 6) is 0. The summed E-state index contributed by atoms with van der Waals surface area (Å²) in [4.78, 5) is 2.36. The molecule has 3 heteroatoms. The molecular formula is C39H30N2S. The highest BCUT2D eigenvalue weighted by Crippen LogP contribution is 2.43. The van der Waals surface area contributed by atoms with Gasteiger partial charge in [-0.15, -0.1) is 11.3 Å². The van der Waals surface area contributed by atoms with Crippen LogP contribution < -0.4 is 10.6 Å². The van der Waals surface area contributed by atoms with Crippen LogP contribution in [0.15, 0.2) is 146 Å². The molecule has 0 spiro atoms. The lowest BCUT2D eigenvalue weighted by atomic mass is 10.0. The molecule has 7 aromatic rings. The Hall–Kier alpha value is -5.12. The van der Waals surface area contributed by atoms with Gasteiger partial charge in [-0.1, -0.05) is 97.1 Å². The van der Waals surface area contributed by atoms with Crippen LogP contribution in [0, 0.1) is 6.92 Å². The van der Waals surface area contributed by atoms with Gasteiger partial charge in [0.15, 0.2) is 0 Å². The highest BCUT2D eigenvalue weighted by atomic mass is 32.1. The van der Waals surface area contributed by atoms with Gasteiger partial charge in [0.25, 0.3) is 0 Å². The molecule has 0 radical (unpaired) electrons. The Morgan fingerprint density at radius 1 is 0.548 bits per heavy atom. The fraction of sp³-hybridized carbons (Fsp3) is 0.0256. The predicted octanol–water partition coefficient (Wildman–Crippen LogP) is 11.1. The van der Waals surface area contributed by atoms with Gasteiger partial charge in [-0.25, -0.2) is 0 Å². The number of rotatable bonds is 6. The number of anilines is 3. The summed E-state index contributed by atoms with van der Waals surface area (Å²) in [6.45, 7) is 2.15. The van der Waals surface area contributed by atoms with Gasteiger partial charge in [0.2, 0.25) is 0 Å². The maximum absolute atomic E-state index is 5.84. The molecule has 0 saturated heterocycles. The molecule has 2 N–H and O–H groups in total. The standard InChI is InChI=1S/C39H30N2S/c1-27-15-22-37-39(35(27)23-24-40)36-21-20-34(26-38(36)42-37)41(32-18-16-30(17-19-32)28-9-4-2-5-10-28)33-14-8-13-31(25-33)29-11-6-3-7-12-29/h2-26H,40H2,1H3/b24-23-. The highest BCUT2D eigenvalue weighted by molar-refractivity contribution is 7.25. The third kappa shape index (κ3) is 4.74. The van der Waals surface area contributed by atoms with E-state index in [0.717, 1.165) is 17.1 Å². The van der Waals surface area contributed by atoms with Crippen molar-refractivity contribution in [3.8, 4) is 22.3 Å². The summed E-state index contributed by atoms with van der Waals surface area (Å²) in [5, 5.41) is 2.53. The summed E-state index contributed by atoms with van der Waals surface area (Å²) < 4.78 is 2.52. The van der Waals surface area contributed by atoms with E-state index in [1.54, 1.807) is 6.20 Å². The molecule has 6 aromatic carbocycles. The first kappa shape index (κ1) is 25.8. The Labute approximate surface area is 250 Å². The predicted molar refractivity (Wildman–Crippen MR) is 183 cm³/mol. The molecule has 7 rings (SSSR count). The number of aryl methyl sites for hydroxylation is 1. The zero-order chi connectivity index (χ0) is 28.5. The number of hydrogen-bond acceptors (Lipinski definition) is 3. The van der Waals surface area contributed by atoms with Crippen molar-refractivity contribution in [2.24, 2.45) is 5.73 Å². The van der Waals surface area contributed by atoms with Crippen LogP contribution in [0.2, 0.25) is 0 Å². The second-order valence-corrected chi connectivity index (χ2v) is 11.6. The Kier molecular flexibility index (Phi) is 6.79. The molecule has 0 atom stereocenters. The fourth-order valence-corrected chi connectivity index (χ4v) is 6.93. The average molecular weight is 559 g/mol. The van der Waals surface area contributed by atoms with E-state index in [1.165, 1.54) is 53.6 Å². The SMILES string of the molecule is Cc1ccc2sc3cc(N(c4ccc(-c5ccccc5)cc4)c4cccc(-c5ccccc5)c4)ccc3c2c1/C=C\N. The minimum absolute atomic E-state index is 1.11. The normalized spacial score (nSPS) is 11.5. The molecule has 42 heavy (non-hydrogen) atoms. The Morgan fingerprint density at radius 2 is 1.17 bits per heavy atom. The first-order chi connectivity index (χ1) is 20.7. The summed E-state index contributed by atoms with van der Waals surface area (Å²) in [5.41, 5.74) is 16.4. The third-order valence-corrected chi connectivity index (χ3v) is 8.96. The molecule has 0 aliphatic heterocycles. The lowest BCUT2D eigenvalue weighted by molar-refractivity contribution is 1.29. The minimum Gasteiger partial charge on any atom is -0.405 e. The van der Waals surface area contributed by atoms with Crippen LogP contribution in [0.5, 0.6) is 0 Å². The van der Waals surface area contributed by atoms with Crippen LogP contribution in [0.4, 0.5) is 17.1 Å². The lowest BCUT2D eigenvalue weighted by Gasteiger charge is -2.26. The van der Waals surface area contributed by atoms with Crippen LogP contribution >= 0.6 is 11.3 Å². The maximum atomic E-state index is 5.84. The lowest BCUT2D eigenvalue weighted by Crippen LogP contribution is -2.09. The first-order valence-corrected chi connectivity index (χ1v) is 15.0. The van der Waals surface area contributed by atoms with Crippen molar-refractivity contribution in [2.75, 3.05) is 4.90 Å². The van der Waals surface area contributed by atoms with Crippen LogP contribution in [-0.2, 0) is 0 Å². The van der Waals surface area contributed by atoms with Crippen molar-refractivity contribution in [1.29, 1.82) is 0 Å². The van der Waals surface area contributed by atoms with E-state index in [4.69, 9.17) is 5.73 Å². The van der Waals surface area contributed by atoms with E-state index in [2.05, 4.69) is 151 Å². The van der Waals surface area contributed by atoms with Crippen molar-refractivity contribution >= 4 is 54.6 Å². The number of benzene rings is 6. The summed E-state index contributed by atoms with van der Waals surface area (Å²) >= 11 is 1.83. The zero-order valence-electron chi connectivity index (χ0n) is 23.4. The molecule has 2 nitrogen and oxygen atoms in total. The van der Waals surface area contributed by atoms with Crippen molar-refractivity contribution < 1.29 is 0 Å². The van der Waals surface area contributed by atoms with Crippen molar-refractivity contribution in [1.82, 2.24) is 0 Å². The monoisotopic (exact) mass is 558 g/mol. The van der Waals surface area contributed by atoms with E-state index in [-0.39, 0.29) is 0 Å². The van der Waals surface area contributed by atoms with E-state index in [0.29, 0.717) is 0 Å². The molecule has 0 unspecified atom stereocenters. The molecule has 0 bridgehead atoms. The Morgan fingerprint density at radius 3 is 1.88 bits per heavy atom. The minimum atomic E-state index is 1.11. The van der Waals surface area contributed by atoms with Crippen LogP contribution in [-0.4, -0.2) is 0 Å². The average Bonchev–Trinajstić information content (AvgIpc) is 3.42. The van der Waals surface area contributed by atoms with E-state index in [1.807, 2.05) is 17.4 Å². The molecule has 1 heterocycles. The van der Waals surface area contributed by atoms with Gasteiger partial charge in [0.05, 0.1) is 0 Å². The second kappa shape index (κ2) is 11.0. The number of thiophene rings is 1. The highest BCUT2D eigenvalue weighted by Gasteiger charge is 2.17. The van der Waals surface area contributed by atoms with E-state index < -0.39 is 0 Å².